The first-order valence-corrected chi connectivity index (χ1v) is 10.9. The monoisotopic (exact) mass is 474 g/mol. The molecule has 0 spiro atoms. The molecular formula is C26H22N2O7. The van der Waals surface area contributed by atoms with Crippen molar-refractivity contribution in [1.82, 2.24) is 4.98 Å². The highest BCUT2D eigenvalue weighted by atomic mass is 16.5. The van der Waals surface area contributed by atoms with Crippen molar-refractivity contribution in [1.29, 1.82) is 0 Å². The Labute approximate surface area is 200 Å². The van der Waals surface area contributed by atoms with E-state index in [9.17, 15) is 24.0 Å². The van der Waals surface area contributed by atoms with Crippen molar-refractivity contribution in [2.45, 2.75) is 20.8 Å². The Morgan fingerprint density at radius 3 is 2.20 bits per heavy atom. The second-order valence-corrected chi connectivity index (χ2v) is 7.90. The molecule has 0 saturated carbocycles. The Bertz CT molecular complexity index is 1400. The van der Waals surface area contributed by atoms with Crippen molar-refractivity contribution in [2.24, 2.45) is 0 Å². The molecule has 1 amide bonds. The Morgan fingerprint density at radius 2 is 1.51 bits per heavy atom. The number of carbonyl (C=O) groups is 5. The predicted molar refractivity (Wildman–Crippen MR) is 125 cm³/mol. The second kappa shape index (κ2) is 9.38. The van der Waals surface area contributed by atoms with Crippen LogP contribution in [-0.4, -0.2) is 47.6 Å². The summed E-state index contributed by atoms with van der Waals surface area (Å²) in [5.74, 6) is -2.78. The lowest BCUT2D eigenvalue weighted by molar-refractivity contribution is -0.119. The largest absolute Gasteiger partial charge is 0.461 e. The Morgan fingerprint density at radius 1 is 0.857 bits per heavy atom. The van der Waals surface area contributed by atoms with E-state index in [1.54, 1.807) is 51.1 Å². The van der Waals surface area contributed by atoms with E-state index in [2.05, 4.69) is 10.3 Å². The molecule has 0 saturated heterocycles. The van der Waals surface area contributed by atoms with E-state index in [0.29, 0.717) is 16.8 Å². The Kier molecular flexibility index (Phi) is 6.33. The van der Waals surface area contributed by atoms with Crippen LogP contribution in [-0.2, 0) is 14.3 Å². The van der Waals surface area contributed by atoms with E-state index < -0.39 is 24.5 Å². The van der Waals surface area contributed by atoms with Crippen LogP contribution in [0, 0.1) is 13.8 Å². The van der Waals surface area contributed by atoms with Crippen LogP contribution in [0.4, 0.5) is 5.69 Å². The maximum atomic E-state index is 13.1. The zero-order chi connectivity index (χ0) is 25.3. The van der Waals surface area contributed by atoms with Gasteiger partial charge in [0.2, 0.25) is 0 Å². The van der Waals surface area contributed by atoms with Crippen molar-refractivity contribution < 1.29 is 33.4 Å². The number of rotatable bonds is 6. The van der Waals surface area contributed by atoms with Gasteiger partial charge in [0.1, 0.15) is 5.69 Å². The molecule has 2 aromatic carbocycles. The van der Waals surface area contributed by atoms with Gasteiger partial charge in [-0.25, -0.2) is 9.59 Å². The molecule has 0 atom stereocenters. The lowest BCUT2D eigenvalue weighted by Crippen LogP contribution is -2.26. The number of amides is 1. The topological polar surface area (TPSA) is 132 Å². The maximum Gasteiger partial charge on any atom is 0.355 e. The van der Waals surface area contributed by atoms with Crippen LogP contribution in [0.3, 0.4) is 0 Å². The average molecular weight is 474 g/mol. The first-order valence-electron chi connectivity index (χ1n) is 10.9. The number of ether oxygens (including phenoxy) is 2. The number of aromatic nitrogens is 1. The van der Waals surface area contributed by atoms with E-state index >= 15 is 0 Å². The zero-order valence-electron chi connectivity index (χ0n) is 19.3. The van der Waals surface area contributed by atoms with Gasteiger partial charge in [0.15, 0.2) is 18.2 Å². The van der Waals surface area contributed by atoms with Crippen molar-refractivity contribution in [3.63, 3.8) is 0 Å². The number of carbonyl (C=O) groups excluding carboxylic acids is 5. The maximum absolute atomic E-state index is 13.1. The molecule has 0 bridgehead atoms. The lowest BCUT2D eigenvalue weighted by atomic mass is 9.83. The molecule has 1 aromatic heterocycles. The van der Waals surface area contributed by atoms with Crippen LogP contribution in [0.25, 0.3) is 0 Å². The Hall–Kier alpha value is -4.53. The van der Waals surface area contributed by atoms with Crippen molar-refractivity contribution in [3.05, 3.63) is 87.2 Å². The minimum Gasteiger partial charge on any atom is -0.461 e. The number of aromatic amines is 1. The van der Waals surface area contributed by atoms with Gasteiger partial charge in [0.25, 0.3) is 5.91 Å². The van der Waals surface area contributed by atoms with Crippen LogP contribution in [0.1, 0.15) is 70.9 Å². The van der Waals surface area contributed by atoms with E-state index in [4.69, 9.17) is 9.47 Å². The molecule has 0 aliphatic heterocycles. The number of H-pyrrole nitrogens is 1. The fourth-order valence-electron chi connectivity index (χ4n) is 4.10. The number of nitrogens with one attached hydrogen (secondary N) is 2. The molecule has 9 nitrogen and oxygen atoms in total. The third kappa shape index (κ3) is 4.23. The molecule has 35 heavy (non-hydrogen) atoms. The number of ketones is 2. The van der Waals surface area contributed by atoms with Crippen LogP contribution < -0.4 is 5.32 Å². The molecule has 2 N–H and O–H groups in total. The summed E-state index contributed by atoms with van der Waals surface area (Å²) >= 11 is 0. The molecular weight excluding hydrogens is 452 g/mol. The highest BCUT2D eigenvalue weighted by Gasteiger charge is 2.32. The Balaban J connectivity index is 1.49. The number of benzene rings is 2. The minimum atomic E-state index is -0.794. The van der Waals surface area contributed by atoms with Crippen LogP contribution in [0.2, 0.25) is 0 Å². The molecule has 1 heterocycles. The summed E-state index contributed by atoms with van der Waals surface area (Å²) in [5.41, 5.74) is 2.02. The normalized spacial score (nSPS) is 12.0. The van der Waals surface area contributed by atoms with Gasteiger partial charge in [-0.2, -0.15) is 0 Å². The highest BCUT2D eigenvalue weighted by molar-refractivity contribution is 6.30. The van der Waals surface area contributed by atoms with E-state index in [0.717, 1.165) is 0 Å². The zero-order valence-corrected chi connectivity index (χ0v) is 19.3. The van der Waals surface area contributed by atoms with E-state index in [-0.39, 0.29) is 51.8 Å². The SMILES string of the molecule is CCOC(=O)c1[nH]c(C)c(C(=O)OCC(=O)Nc2cccc3c2C(=O)c2ccccc2C3=O)c1C. The smallest absolute Gasteiger partial charge is 0.355 e. The van der Waals surface area contributed by atoms with Gasteiger partial charge in [-0.1, -0.05) is 36.4 Å². The minimum absolute atomic E-state index is 0.0901. The number of hydrogen-bond acceptors (Lipinski definition) is 7. The first-order chi connectivity index (χ1) is 16.7. The van der Waals surface area contributed by atoms with Crippen molar-refractivity contribution >= 4 is 35.1 Å². The number of anilines is 1. The van der Waals surface area contributed by atoms with Gasteiger partial charge in [0, 0.05) is 22.4 Å². The molecule has 178 valence electrons. The molecule has 9 heteroatoms. The first kappa shape index (κ1) is 23.6. The van der Waals surface area contributed by atoms with Crippen LogP contribution >= 0.6 is 0 Å². The van der Waals surface area contributed by atoms with Gasteiger partial charge in [-0.3, -0.25) is 14.4 Å². The van der Waals surface area contributed by atoms with Crippen molar-refractivity contribution in [2.75, 3.05) is 18.5 Å². The fourth-order valence-corrected chi connectivity index (χ4v) is 4.10. The summed E-state index contributed by atoms with van der Waals surface area (Å²) in [6, 6.07) is 11.1. The number of fused-ring (bicyclic) bond motifs is 2. The summed E-state index contributed by atoms with van der Waals surface area (Å²) in [4.78, 5) is 66.0. The van der Waals surface area contributed by atoms with Gasteiger partial charge < -0.3 is 19.8 Å². The van der Waals surface area contributed by atoms with Gasteiger partial charge in [0.05, 0.1) is 23.4 Å². The lowest BCUT2D eigenvalue weighted by Gasteiger charge is -2.20. The summed E-state index contributed by atoms with van der Waals surface area (Å²) in [7, 11) is 0. The number of esters is 2. The van der Waals surface area contributed by atoms with Crippen LogP contribution in [0.15, 0.2) is 42.5 Å². The molecule has 1 aliphatic rings. The van der Waals surface area contributed by atoms with Gasteiger partial charge >= 0.3 is 11.9 Å². The average Bonchev–Trinajstić information content (AvgIpc) is 3.15. The summed E-state index contributed by atoms with van der Waals surface area (Å²) in [5, 5.41) is 2.56. The van der Waals surface area contributed by atoms with Crippen LogP contribution in [0.5, 0.6) is 0 Å². The molecule has 1 aliphatic carbocycles. The number of hydrogen-bond donors (Lipinski definition) is 2. The third-order valence-corrected chi connectivity index (χ3v) is 5.68. The number of aryl methyl sites for hydroxylation is 1. The standard InChI is InChI=1S/C26H22N2O7/c1-4-34-26(33)22-13(2)20(14(3)27-22)25(32)35-12-19(29)28-18-11-7-10-17-21(18)24(31)16-9-6-5-8-15(16)23(17)30/h5-11,27H,4,12H2,1-3H3,(H,28,29). The second-order valence-electron chi connectivity index (χ2n) is 7.90. The molecule has 3 aromatic rings. The molecule has 0 fully saturated rings. The fraction of sp³-hybridized carbons (Fsp3) is 0.192. The van der Waals surface area contributed by atoms with Gasteiger partial charge in [-0.05, 0) is 32.4 Å². The quantitative estimate of drug-likeness (QED) is 0.410. The molecule has 0 unspecified atom stereocenters. The highest BCUT2D eigenvalue weighted by Crippen LogP contribution is 2.32. The summed E-state index contributed by atoms with van der Waals surface area (Å²) in [6.07, 6.45) is 0. The van der Waals surface area contributed by atoms with E-state index in [1.807, 2.05) is 0 Å². The van der Waals surface area contributed by atoms with Crippen molar-refractivity contribution in [3.8, 4) is 0 Å². The van der Waals surface area contributed by atoms with Gasteiger partial charge in [-0.15, -0.1) is 0 Å². The molecule has 0 radical (unpaired) electrons. The molecule has 4 rings (SSSR count). The van der Waals surface area contributed by atoms with E-state index in [1.165, 1.54) is 12.1 Å². The summed E-state index contributed by atoms with van der Waals surface area (Å²) in [6.45, 7) is 4.38. The summed E-state index contributed by atoms with van der Waals surface area (Å²) < 4.78 is 10.1. The predicted octanol–water partition coefficient (Wildman–Crippen LogP) is 3.38. The third-order valence-electron chi connectivity index (χ3n) is 5.68.